The number of nitrogens with one attached hydrogen (secondary N) is 2. The monoisotopic (exact) mass is 422 g/mol. The summed E-state index contributed by atoms with van der Waals surface area (Å²) in [6.45, 7) is 1.80. The van der Waals surface area contributed by atoms with Crippen molar-refractivity contribution in [3.05, 3.63) is 29.6 Å². The molecular formula is C17H23F3N3O4S+. The minimum atomic E-state index is -3.13. The lowest BCUT2D eigenvalue weighted by Gasteiger charge is -2.27. The maximum atomic E-state index is 13.6. The Kier molecular flexibility index (Phi) is 7.05. The number of carbonyl (C=O) groups is 2. The summed E-state index contributed by atoms with van der Waals surface area (Å²) in [4.78, 5) is 26.5. The van der Waals surface area contributed by atoms with E-state index in [0.29, 0.717) is 23.9 Å². The number of carbonyl (C=O) groups excluding carboxylic acids is 2. The second-order valence-corrected chi connectivity index (χ2v) is 9.05. The number of rotatable bonds is 7. The lowest BCUT2D eigenvalue weighted by Crippen LogP contribution is -3.11. The number of likely N-dealkylation sites (N-methyl/N-ethyl adjacent to an activating group) is 2. The number of amides is 2. The van der Waals surface area contributed by atoms with Crippen molar-refractivity contribution in [2.45, 2.75) is 19.4 Å². The molecule has 1 aromatic rings. The summed E-state index contributed by atoms with van der Waals surface area (Å²) in [6, 6.07) is 1.23. The maximum absolute atomic E-state index is 13.6. The molecule has 0 bridgehead atoms. The summed E-state index contributed by atoms with van der Waals surface area (Å²) in [5.41, 5.74) is -0.491. The Bertz CT molecular complexity index is 863. The number of quaternary nitrogens is 1. The van der Waals surface area contributed by atoms with Crippen LogP contribution < -0.4 is 10.2 Å². The van der Waals surface area contributed by atoms with E-state index in [1.165, 1.54) is 4.90 Å². The number of hydrogen-bond donors (Lipinski definition) is 2. The molecule has 2 atom stereocenters. The van der Waals surface area contributed by atoms with E-state index in [0.717, 1.165) is 6.07 Å². The molecule has 0 aliphatic carbocycles. The second kappa shape index (κ2) is 8.91. The predicted molar refractivity (Wildman–Crippen MR) is 96.0 cm³/mol. The SMILES string of the molecule is CCN(C(=O)C[NH+](C)CC(=O)Nc1ccc(F)c(F)c1F)[C@H]1CCS(=O)(=O)C1. The van der Waals surface area contributed by atoms with Gasteiger partial charge in [0.1, 0.15) is 0 Å². The zero-order chi connectivity index (χ0) is 21.1. The maximum Gasteiger partial charge on any atom is 0.279 e. The first-order valence-corrected chi connectivity index (χ1v) is 10.6. The van der Waals surface area contributed by atoms with Gasteiger partial charge in [-0.15, -0.1) is 0 Å². The first-order chi connectivity index (χ1) is 13.0. The predicted octanol–water partition coefficient (Wildman–Crippen LogP) is -0.407. The quantitative estimate of drug-likeness (QED) is 0.585. The van der Waals surface area contributed by atoms with Crippen LogP contribution in [0.4, 0.5) is 18.9 Å². The third-order valence-corrected chi connectivity index (χ3v) is 6.29. The van der Waals surface area contributed by atoms with Crippen LogP contribution in [0, 0.1) is 17.5 Å². The third kappa shape index (κ3) is 5.44. The zero-order valence-corrected chi connectivity index (χ0v) is 16.4. The van der Waals surface area contributed by atoms with Crippen molar-refractivity contribution < 1.29 is 36.1 Å². The molecule has 2 N–H and O–H groups in total. The molecule has 1 aliphatic heterocycles. The van der Waals surface area contributed by atoms with E-state index in [1.54, 1.807) is 14.0 Å². The molecule has 1 saturated heterocycles. The van der Waals surface area contributed by atoms with Crippen molar-refractivity contribution in [2.24, 2.45) is 0 Å². The number of anilines is 1. The van der Waals surface area contributed by atoms with Gasteiger partial charge >= 0.3 is 0 Å². The highest BCUT2D eigenvalue weighted by atomic mass is 32.2. The molecule has 0 saturated carbocycles. The molecule has 11 heteroatoms. The lowest BCUT2D eigenvalue weighted by atomic mass is 10.2. The van der Waals surface area contributed by atoms with Gasteiger partial charge in [0.15, 0.2) is 40.4 Å². The van der Waals surface area contributed by atoms with Crippen molar-refractivity contribution in [1.29, 1.82) is 0 Å². The Balaban J connectivity index is 1.92. The number of halogens is 3. The first kappa shape index (κ1) is 22.2. The van der Waals surface area contributed by atoms with Gasteiger partial charge in [0.2, 0.25) is 0 Å². The van der Waals surface area contributed by atoms with Gasteiger partial charge in [0, 0.05) is 12.6 Å². The van der Waals surface area contributed by atoms with E-state index >= 15 is 0 Å². The number of sulfone groups is 1. The summed E-state index contributed by atoms with van der Waals surface area (Å²) >= 11 is 0. The van der Waals surface area contributed by atoms with Gasteiger partial charge in [0.05, 0.1) is 24.2 Å². The molecule has 0 radical (unpaired) electrons. The van der Waals surface area contributed by atoms with Gasteiger partial charge < -0.3 is 15.1 Å². The molecule has 2 amide bonds. The standard InChI is InChI=1S/C17H22F3N3O4S/c1-3-23(11-6-7-28(26,27)10-11)15(25)9-22(2)8-14(24)21-13-5-4-12(18)16(19)17(13)20/h4-5,11H,3,6-10H2,1-2H3,(H,21,24)/p+1/t11-/m0/s1. The zero-order valence-electron chi connectivity index (χ0n) is 15.6. The van der Waals surface area contributed by atoms with Crippen LogP contribution in [-0.4, -0.2) is 69.4 Å². The van der Waals surface area contributed by atoms with E-state index in [9.17, 15) is 31.2 Å². The highest BCUT2D eigenvalue weighted by Crippen LogP contribution is 2.19. The molecular weight excluding hydrogens is 399 g/mol. The van der Waals surface area contributed by atoms with Crippen molar-refractivity contribution in [2.75, 3.05) is 43.5 Å². The summed E-state index contributed by atoms with van der Waals surface area (Å²) in [7, 11) is -1.57. The minimum Gasteiger partial charge on any atom is -0.334 e. The first-order valence-electron chi connectivity index (χ1n) is 8.78. The van der Waals surface area contributed by atoms with Gasteiger partial charge in [-0.3, -0.25) is 9.59 Å². The van der Waals surface area contributed by atoms with E-state index < -0.39 is 38.9 Å². The van der Waals surface area contributed by atoms with Crippen LogP contribution in [0.25, 0.3) is 0 Å². The van der Waals surface area contributed by atoms with Gasteiger partial charge in [-0.2, -0.15) is 0 Å². The summed E-state index contributed by atoms with van der Waals surface area (Å²) in [5, 5.41) is 2.15. The molecule has 28 heavy (non-hydrogen) atoms. The Morgan fingerprint density at radius 2 is 1.89 bits per heavy atom. The Morgan fingerprint density at radius 3 is 2.46 bits per heavy atom. The van der Waals surface area contributed by atoms with Crippen molar-refractivity contribution >= 4 is 27.3 Å². The fraction of sp³-hybridized carbons (Fsp3) is 0.529. The van der Waals surface area contributed by atoms with Crippen molar-refractivity contribution in [1.82, 2.24) is 4.90 Å². The van der Waals surface area contributed by atoms with Gasteiger partial charge in [-0.1, -0.05) is 0 Å². The summed E-state index contributed by atoms with van der Waals surface area (Å²) in [6.07, 6.45) is 0.386. The molecule has 0 aromatic heterocycles. The third-order valence-electron chi connectivity index (χ3n) is 4.53. The normalized spacial score (nSPS) is 19.2. The second-order valence-electron chi connectivity index (χ2n) is 6.82. The van der Waals surface area contributed by atoms with E-state index in [4.69, 9.17) is 0 Å². The van der Waals surface area contributed by atoms with Crippen LogP contribution in [-0.2, 0) is 19.4 Å². The van der Waals surface area contributed by atoms with Gasteiger partial charge in [0.25, 0.3) is 11.8 Å². The fourth-order valence-corrected chi connectivity index (χ4v) is 4.90. The van der Waals surface area contributed by atoms with Crippen LogP contribution in [0.2, 0.25) is 0 Å². The van der Waals surface area contributed by atoms with Crippen LogP contribution in [0.15, 0.2) is 12.1 Å². The smallest absolute Gasteiger partial charge is 0.279 e. The molecule has 1 fully saturated rings. The average molecular weight is 422 g/mol. The molecule has 7 nitrogen and oxygen atoms in total. The molecule has 2 rings (SSSR count). The van der Waals surface area contributed by atoms with Crippen LogP contribution in [0.3, 0.4) is 0 Å². The van der Waals surface area contributed by atoms with Crippen LogP contribution >= 0.6 is 0 Å². The van der Waals surface area contributed by atoms with Crippen LogP contribution in [0.1, 0.15) is 13.3 Å². The van der Waals surface area contributed by atoms with E-state index in [-0.39, 0.29) is 36.5 Å². The van der Waals surface area contributed by atoms with Crippen LogP contribution in [0.5, 0.6) is 0 Å². The molecule has 1 aliphatic rings. The number of hydrogen-bond acceptors (Lipinski definition) is 4. The molecule has 1 aromatic carbocycles. The van der Waals surface area contributed by atoms with Crippen molar-refractivity contribution in [3.8, 4) is 0 Å². The Labute approximate surface area is 161 Å². The summed E-state index contributed by atoms with van der Waals surface area (Å²) in [5.74, 6) is -5.54. The minimum absolute atomic E-state index is 0.0480. The summed E-state index contributed by atoms with van der Waals surface area (Å²) < 4.78 is 63.0. The fourth-order valence-electron chi connectivity index (χ4n) is 3.17. The molecule has 156 valence electrons. The molecule has 0 spiro atoms. The topological polar surface area (TPSA) is 88.0 Å². The molecule has 1 unspecified atom stereocenters. The van der Waals surface area contributed by atoms with Crippen molar-refractivity contribution in [3.63, 3.8) is 0 Å². The highest BCUT2D eigenvalue weighted by molar-refractivity contribution is 7.91. The number of nitrogens with zero attached hydrogens (tertiary/aromatic N) is 1. The highest BCUT2D eigenvalue weighted by Gasteiger charge is 2.34. The Morgan fingerprint density at radius 1 is 1.21 bits per heavy atom. The lowest BCUT2D eigenvalue weighted by molar-refractivity contribution is -0.862. The van der Waals surface area contributed by atoms with Gasteiger partial charge in [-0.25, -0.2) is 21.6 Å². The average Bonchev–Trinajstić information content (AvgIpc) is 2.95. The molecule has 1 heterocycles. The Hall–Kier alpha value is -2.14. The largest absolute Gasteiger partial charge is 0.334 e. The van der Waals surface area contributed by atoms with Gasteiger partial charge in [-0.05, 0) is 25.5 Å². The van der Waals surface area contributed by atoms with E-state index in [2.05, 4.69) is 5.32 Å². The number of benzene rings is 1. The van der Waals surface area contributed by atoms with E-state index in [1.807, 2.05) is 0 Å².